The van der Waals surface area contributed by atoms with Crippen LogP contribution in [0.15, 0.2) is 52.9 Å². The molecule has 1 N–H and O–H groups in total. The standard InChI is InChI=1S/C18H13NO2/c19-11-15-6-8-18-16(9-15)10-17(21-18)7-5-13-1-3-14(12-20)4-2-13/h1-10,20H,12H2/b7-5+. The van der Waals surface area contributed by atoms with Gasteiger partial charge in [0.25, 0.3) is 0 Å². The highest BCUT2D eigenvalue weighted by atomic mass is 16.3. The number of furan rings is 1. The number of benzene rings is 2. The summed E-state index contributed by atoms with van der Waals surface area (Å²) in [4.78, 5) is 0. The second kappa shape index (κ2) is 5.66. The van der Waals surface area contributed by atoms with E-state index in [4.69, 9.17) is 14.8 Å². The molecule has 0 aliphatic carbocycles. The van der Waals surface area contributed by atoms with Gasteiger partial charge in [0.1, 0.15) is 11.3 Å². The highest BCUT2D eigenvalue weighted by Gasteiger charge is 2.02. The number of fused-ring (bicyclic) bond motifs is 1. The van der Waals surface area contributed by atoms with E-state index in [1.165, 1.54) is 0 Å². The van der Waals surface area contributed by atoms with Gasteiger partial charge in [-0.15, -0.1) is 0 Å². The van der Waals surface area contributed by atoms with Crippen LogP contribution < -0.4 is 0 Å². The third-order valence-corrected chi connectivity index (χ3v) is 3.27. The minimum absolute atomic E-state index is 0.0504. The summed E-state index contributed by atoms with van der Waals surface area (Å²) in [7, 11) is 0. The summed E-state index contributed by atoms with van der Waals surface area (Å²) in [5, 5.41) is 18.8. The van der Waals surface area contributed by atoms with Crippen molar-refractivity contribution < 1.29 is 9.52 Å². The molecule has 0 aliphatic rings. The van der Waals surface area contributed by atoms with E-state index in [0.29, 0.717) is 5.56 Å². The minimum atomic E-state index is 0.0504. The molecule has 0 aliphatic heterocycles. The van der Waals surface area contributed by atoms with Gasteiger partial charge in [0.2, 0.25) is 0 Å². The monoisotopic (exact) mass is 275 g/mol. The maximum Gasteiger partial charge on any atom is 0.134 e. The molecule has 2 aromatic carbocycles. The lowest BCUT2D eigenvalue weighted by atomic mass is 10.1. The molecular formula is C18H13NO2. The van der Waals surface area contributed by atoms with Crippen LogP contribution in [0.5, 0.6) is 0 Å². The van der Waals surface area contributed by atoms with Gasteiger partial charge in [-0.2, -0.15) is 5.26 Å². The summed E-state index contributed by atoms with van der Waals surface area (Å²) in [6.07, 6.45) is 3.84. The molecule has 3 heteroatoms. The van der Waals surface area contributed by atoms with Crippen LogP contribution in [0.3, 0.4) is 0 Å². The Labute approximate surface area is 122 Å². The average molecular weight is 275 g/mol. The summed E-state index contributed by atoms with van der Waals surface area (Å²) < 4.78 is 5.70. The third kappa shape index (κ3) is 2.86. The lowest BCUT2D eigenvalue weighted by molar-refractivity contribution is 0.282. The Hall–Kier alpha value is -2.83. The number of nitriles is 1. The summed E-state index contributed by atoms with van der Waals surface area (Å²) in [5.41, 5.74) is 3.31. The van der Waals surface area contributed by atoms with Gasteiger partial charge in [0.05, 0.1) is 18.2 Å². The zero-order valence-electron chi connectivity index (χ0n) is 11.3. The molecule has 1 heterocycles. The fraction of sp³-hybridized carbons (Fsp3) is 0.0556. The van der Waals surface area contributed by atoms with E-state index in [-0.39, 0.29) is 6.61 Å². The van der Waals surface area contributed by atoms with Crippen molar-refractivity contribution in [3.05, 3.63) is 71.0 Å². The minimum Gasteiger partial charge on any atom is -0.457 e. The number of hydrogen-bond acceptors (Lipinski definition) is 3. The van der Waals surface area contributed by atoms with Crippen molar-refractivity contribution in [3.63, 3.8) is 0 Å². The zero-order valence-corrected chi connectivity index (χ0v) is 11.3. The Kier molecular flexibility index (Phi) is 3.55. The van der Waals surface area contributed by atoms with Crippen LogP contribution in [0.25, 0.3) is 23.1 Å². The number of rotatable bonds is 3. The van der Waals surface area contributed by atoms with Crippen molar-refractivity contribution in [1.82, 2.24) is 0 Å². The maximum absolute atomic E-state index is 9.00. The Balaban J connectivity index is 1.86. The molecule has 0 amide bonds. The molecule has 0 unspecified atom stereocenters. The van der Waals surface area contributed by atoms with Crippen LogP contribution in [-0.4, -0.2) is 5.11 Å². The van der Waals surface area contributed by atoms with Crippen molar-refractivity contribution in [1.29, 1.82) is 5.26 Å². The van der Waals surface area contributed by atoms with Crippen molar-refractivity contribution in [3.8, 4) is 6.07 Å². The average Bonchev–Trinajstić information content (AvgIpc) is 2.95. The zero-order chi connectivity index (χ0) is 14.7. The molecule has 0 spiro atoms. The second-order valence-corrected chi connectivity index (χ2v) is 4.75. The largest absolute Gasteiger partial charge is 0.457 e. The van der Waals surface area contributed by atoms with Crippen LogP contribution >= 0.6 is 0 Å². The van der Waals surface area contributed by atoms with Crippen LogP contribution in [0.2, 0.25) is 0 Å². The molecule has 0 radical (unpaired) electrons. The van der Waals surface area contributed by atoms with Gasteiger partial charge < -0.3 is 9.52 Å². The highest BCUT2D eigenvalue weighted by molar-refractivity contribution is 5.82. The highest BCUT2D eigenvalue weighted by Crippen LogP contribution is 2.22. The normalized spacial score (nSPS) is 11.0. The van der Waals surface area contributed by atoms with E-state index in [1.807, 2.05) is 48.6 Å². The SMILES string of the molecule is N#Cc1ccc2oc(/C=C/c3ccc(CO)cc3)cc2c1. The summed E-state index contributed by atoms with van der Waals surface area (Å²) in [6, 6.07) is 17.0. The summed E-state index contributed by atoms with van der Waals surface area (Å²) in [5.74, 6) is 0.742. The molecule has 21 heavy (non-hydrogen) atoms. The van der Waals surface area contributed by atoms with Crippen molar-refractivity contribution in [2.24, 2.45) is 0 Å². The first-order chi connectivity index (χ1) is 10.3. The predicted octanol–water partition coefficient (Wildman–Crippen LogP) is 3.97. The van der Waals surface area contributed by atoms with Gasteiger partial charge >= 0.3 is 0 Å². The third-order valence-electron chi connectivity index (χ3n) is 3.27. The van der Waals surface area contributed by atoms with Gasteiger partial charge in [-0.1, -0.05) is 30.3 Å². The van der Waals surface area contributed by atoms with Crippen LogP contribution in [-0.2, 0) is 6.61 Å². The number of hydrogen-bond donors (Lipinski definition) is 1. The number of nitrogens with zero attached hydrogens (tertiary/aromatic N) is 1. The van der Waals surface area contributed by atoms with Crippen molar-refractivity contribution in [2.45, 2.75) is 6.61 Å². The molecule has 0 saturated carbocycles. The van der Waals surface area contributed by atoms with Crippen LogP contribution in [0.1, 0.15) is 22.5 Å². The quantitative estimate of drug-likeness (QED) is 0.787. The fourth-order valence-corrected chi connectivity index (χ4v) is 2.13. The van der Waals surface area contributed by atoms with Crippen LogP contribution in [0.4, 0.5) is 0 Å². The smallest absolute Gasteiger partial charge is 0.134 e. The Morgan fingerprint density at radius 1 is 1.05 bits per heavy atom. The molecule has 102 valence electrons. The van der Waals surface area contributed by atoms with Gasteiger partial charge in [-0.3, -0.25) is 0 Å². The Morgan fingerprint density at radius 2 is 1.86 bits per heavy atom. The predicted molar refractivity (Wildman–Crippen MR) is 82.2 cm³/mol. The summed E-state index contributed by atoms with van der Waals surface area (Å²) in [6.45, 7) is 0.0504. The number of aliphatic hydroxyl groups is 1. The lowest BCUT2D eigenvalue weighted by Crippen LogP contribution is -1.81. The molecule has 3 aromatic rings. The summed E-state index contributed by atoms with van der Waals surface area (Å²) >= 11 is 0. The van der Waals surface area contributed by atoms with E-state index in [9.17, 15) is 0 Å². The van der Waals surface area contributed by atoms with Gasteiger partial charge in [-0.25, -0.2) is 0 Å². The molecular weight excluding hydrogens is 262 g/mol. The van der Waals surface area contributed by atoms with Crippen molar-refractivity contribution >= 4 is 23.1 Å². The van der Waals surface area contributed by atoms with E-state index >= 15 is 0 Å². The molecule has 3 rings (SSSR count). The first-order valence-electron chi connectivity index (χ1n) is 6.60. The van der Waals surface area contributed by atoms with Gasteiger partial charge in [0.15, 0.2) is 0 Å². The Morgan fingerprint density at radius 3 is 2.57 bits per heavy atom. The maximum atomic E-state index is 9.00. The Bertz CT molecular complexity index is 836. The molecule has 0 bridgehead atoms. The first kappa shape index (κ1) is 13.2. The number of aliphatic hydroxyl groups excluding tert-OH is 1. The lowest BCUT2D eigenvalue weighted by Gasteiger charge is -1.96. The van der Waals surface area contributed by atoms with Crippen LogP contribution in [0, 0.1) is 11.3 Å². The van der Waals surface area contributed by atoms with Gasteiger partial charge in [-0.05, 0) is 41.5 Å². The molecule has 1 aromatic heterocycles. The molecule has 0 fully saturated rings. The topological polar surface area (TPSA) is 57.2 Å². The molecule has 0 saturated heterocycles. The van der Waals surface area contributed by atoms with Gasteiger partial charge in [0, 0.05) is 5.39 Å². The van der Waals surface area contributed by atoms with E-state index < -0.39 is 0 Å². The first-order valence-corrected chi connectivity index (χ1v) is 6.60. The van der Waals surface area contributed by atoms with E-state index in [1.54, 1.807) is 12.1 Å². The second-order valence-electron chi connectivity index (χ2n) is 4.75. The molecule has 3 nitrogen and oxygen atoms in total. The van der Waals surface area contributed by atoms with E-state index in [2.05, 4.69) is 6.07 Å². The van der Waals surface area contributed by atoms with Crippen molar-refractivity contribution in [2.75, 3.05) is 0 Å². The van der Waals surface area contributed by atoms with E-state index in [0.717, 1.165) is 27.9 Å². The fourth-order valence-electron chi connectivity index (χ4n) is 2.13. The molecule has 0 atom stereocenters.